The monoisotopic (exact) mass is 285 g/mol. The predicted molar refractivity (Wildman–Crippen MR) is 84.2 cm³/mol. The molecule has 0 saturated carbocycles. The first-order valence-corrected chi connectivity index (χ1v) is 7.38. The number of benzene rings is 1. The largest absolute Gasteiger partial charge is 0.354 e. The topological polar surface area (TPSA) is 46.9 Å². The summed E-state index contributed by atoms with van der Waals surface area (Å²) >= 11 is 0. The lowest BCUT2D eigenvalue weighted by atomic mass is 10.1. The maximum atomic E-state index is 11.8. The van der Waals surface area contributed by atoms with Crippen molar-refractivity contribution in [3.05, 3.63) is 52.8 Å². The van der Waals surface area contributed by atoms with Crippen LogP contribution in [0.5, 0.6) is 0 Å². The van der Waals surface area contributed by atoms with E-state index in [2.05, 4.69) is 41.6 Å². The van der Waals surface area contributed by atoms with Gasteiger partial charge in [-0.2, -0.15) is 5.10 Å². The summed E-state index contributed by atoms with van der Waals surface area (Å²) in [7, 11) is 0. The van der Waals surface area contributed by atoms with Crippen molar-refractivity contribution in [2.45, 2.75) is 40.2 Å². The fourth-order valence-electron chi connectivity index (χ4n) is 2.30. The number of hydrogen-bond acceptors (Lipinski definition) is 2. The van der Waals surface area contributed by atoms with E-state index in [0.717, 1.165) is 24.4 Å². The number of nitrogens with zero attached hydrogens (tertiary/aromatic N) is 2. The SMILES string of the molecule is Cc1ccc(CCC(=O)NCCn2nc(C)cc2C)cc1. The van der Waals surface area contributed by atoms with Crippen molar-refractivity contribution in [2.24, 2.45) is 0 Å². The molecule has 0 atom stereocenters. The van der Waals surface area contributed by atoms with Crippen LogP contribution in [-0.4, -0.2) is 22.2 Å². The van der Waals surface area contributed by atoms with Gasteiger partial charge in [-0.25, -0.2) is 0 Å². The number of carbonyl (C=O) groups is 1. The molecule has 0 aliphatic heterocycles. The second-order valence-electron chi connectivity index (χ2n) is 5.49. The molecule has 0 saturated heterocycles. The summed E-state index contributed by atoms with van der Waals surface area (Å²) < 4.78 is 1.93. The third-order valence-corrected chi connectivity index (χ3v) is 3.51. The van der Waals surface area contributed by atoms with E-state index in [9.17, 15) is 4.79 Å². The summed E-state index contributed by atoms with van der Waals surface area (Å²) in [5, 5.41) is 7.32. The molecule has 1 amide bonds. The minimum Gasteiger partial charge on any atom is -0.354 e. The quantitative estimate of drug-likeness (QED) is 0.886. The van der Waals surface area contributed by atoms with Gasteiger partial charge in [0.15, 0.2) is 0 Å². The number of aromatic nitrogens is 2. The molecule has 0 aliphatic carbocycles. The van der Waals surface area contributed by atoms with Crippen molar-refractivity contribution in [3.8, 4) is 0 Å². The second kappa shape index (κ2) is 7.07. The Bertz CT molecular complexity index is 599. The van der Waals surface area contributed by atoms with E-state index in [1.54, 1.807) is 0 Å². The molecule has 1 heterocycles. The van der Waals surface area contributed by atoms with Crippen LogP contribution in [0.3, 0.4) is 0 Å². The van der Waals surface area contributed by atoms with E-state index in [1.165, 1.54) is 11.1 Å². The molecule has 1 aromatic carbocycles. The van der Waals surface area contributed by atoms with Gasteiger partial charge in [0.2, 0.25) is 5.91 Å². The number of carbonyl (C=O) groups excluding carboxylic acids is 1. The molecular weight excluding hydrogens is 262 g/mol. The maximum Gasteiger partial charge on any atom is 0.220 e. The van der Waals surface area contributed by atoms with Crippen LogP contribution in [0, 0.1) is 20.8 Å². The van der Waals surface area contributed by atoms with Crippen LogP contribution >= 0.6 is 0 Å². The van der Waals surface area contributed by atoms with Gasteiger partial charge >= 0.3 is 0 Å². The van der Waals surface area contributed by atoms with E-state index in [4.69, 9.17) is 0 Å². The maximum absolute atomic E-state index is 11.8. The molecule has 0 fully saturated rings. The van der Waals surface area contributed by atoms with Gasteiger partial charge in [0, 0.05) is 18.7 Å². The van der Waals surface area contributed by atoms with Crippen molar-refractivity contribution in [1.29, 1.82) is 0 Å². The van der Waals surface area contributed by atoms with Crippen molar-refractivity contribution in [1.82, 2.24) is 15.1 Å². The average Bonchev–Trinajstić information content (AvgIpc) is 2.76. The number of aryl methyl sites for hydroxylation is 4. The Hall–Kier alpha value is -2.10. The predicted octanol–water partition coefficient (Wildman–Crippen LogP) is 2.56. The van der Waals surface area contributed by atoms with Crippen molar-refractivity contribution in [3.63, 3.8) is 0 Å². The molecule has 1 N–H and O–H groups in total. The van der Waals surface area contributed by atoms with Crippen LogP contribution in [0.4, 0.5) is 0 Å². The molecule has 2 aromatic rings. The Morgan fingerprint density at radius 3 is 2.52 bits per heavy atom. The lowest BCUT2D eigenvalue weighted by Crippen LogP contribution is -2.27. The molecule has 0 radical (unpaired) electrons. The zero-order chi connectivity index (χ0) is 15.2. The van der Waals surface area contributed by atoms with Gasteiger partial charge in [0.25, 0.3) is 0 Å². The molecule has 4 nitrogen and oxygen atoms in total. The molecule has 0 aliphatic rings. The van der Waals surface area contributed by atoms with Crippen LogP contribution in [-0.2, 0) is 17.8 Å². The number of rotatable bonds is 6. The number of amides is 1. The minimum atomic E-state index is 0.0945. The molecular formula is C17H23N3O. The van der Waals surface area contributed by atoms with Gasteiger partial charge < -0.3 is 5.32 Å². The van der Waals surface area contributed by atoms with Gasteiger partial charge in [0.05, 0.1) is 12.2 Å². The average molecular weight is 285 g/mol. The Balaban J connectivity index is 1.70. The summed E-state index contributed by atoms with van der Waals surface area (Å²) in [5.41, 5.74) is 4.59. The Labute approximate surface area is 126 Å². The summed E-state index contributed by atoms with van der Waals surface area (Å²) in [6, 6.07) is 10.4. The zero-order valence-corrected chi connectivity index (χ0v) is 13.0. The first kappa shape index (κ1) is 15.3. The first-order valence-electron chi connectivity index (χ1n) is 7.38. The van der Waals surface area contributed by atoms with Crippen LogP contribution in [0.2, 0.25) is 0 Å². The van der Waals surface area contributed by atoms with Crippen LogP contribution in [0.15, 0.2) is 30.3 Å². The molecule has 0 bridgehead atoms. The summed E-state index contributed by atoms with van der Waals surface area (Å²) in [6.45, 7) is 7.41. The highest BCUT2D eigenvalue weighted by molar-refractivity contribution is 5.76. The first-order chi connectivity index (χ1) is 10.0. The zero-order valence-electron chi connectivity index (χ0n) is 13.0. The lowest BCUT2D eigenvalue weighted by molar-refractivity contribution is -0.121. The van der Waals surface area contributed by atoms with Crippen molar-refractivity contribution >= 4 is 5.91 Å². The van der Waals surface area contributed by atoms with E-state index < -0.39 is 0 Å². The molecule has 112 valence electrons. The van der Waals surface area contributed by atoms with E-state index in [0.29, 0.717) is 13.0 Å². The molecule has 0 unspecified atom stereocenters. The highest BCUT2D eigenvalue weighted by Gasteiger charge is 2.04. The standard InChI is InChI=1S/C17H23N3O/c1-13-4-6-16(7-5-13)8-9-17(21)18-10-11-20-15(3)12-14(2)19-20/h4-7,12H,8-11H2,1-3H3,(H,18,21). The van der Waals surface area contributed by atoms with Gasteiger partial charge in [-0.15, -0.1) is 0 Å². The number of nitrogens with one attached hydrogen (secondary N) is 1. The summed E-state index contributed by atoms with van der Waals surface area (Å²) in [5.74, 6) is 0.0945. The van der Waals surface area contributed by atoms with E-state index in [1.807, 2.05) is 24.6 Å². The van der Waals surface area contributed by atoms with Gasteiger partial charge in [-0.3, -0.25) is 9.48 Å². The van der Waals surface area contributed by atoms with Gasteiger partial charge in [0.1, 0.15) is 0 Å². The third-order valence-electron chi connectivity index (χ3n) is 3.51. The fraction of sp³-hybridized carbons (Fsp3) is 0.412. The summed E-state index contributed by atoms with van der Waals surface area (Å²) in [6.07, 6.45) is 1.31. The Kier molecular flexibility index (Phi) is 5.14. The number of hydrogen-bond donors (Lipinski definition) is 1. The highest BCUT2D eigenvalue weighted by Crippen LogP contribution is 2.05. The Morgan fingerprint density at radius 2 is 1.90 bits per heavy atom. The molecule has 21 heavy (non-hydrogen) atoms. The van der Waals surface area contributed by atoms with Crippen molar-refractivity contribution in [2.75, 3.05) is 6.54 Å². The summed E-state index contributed by atoms with van der Waals surface area (Å²) in [4.78, 5) is 11.8. The molecule has 0 spiro atoms. The van der Waals surface area contributed by atoms with E-state index in [-0.39, 0.29) is 5.91 Å². The molecule has 1 aromatic heterocycles. The highest BCUT2D eigenvalue weighted by atomic mass is 16.1. The van der Waals surface area contributed by atoms with Crippen LogP contribution < -0.4 is 5.32 Å². The Morgan fingerprint density at radius 1 is 1.19 bits per heavy atom. The third kappa shape index (κ3) is 4.74. The van der Waals surface area contributed by atoms with Crippen LogP contribution in [0.25, 0.3) is 0 Å². The van der Waals surface area contributed by atoms with Gasteiger partial charge in [-0.1, -0.05) is 29.8 Å². The lowest BCUT2D eigenvalue weighted by Gasteiger charge is -2.07. The van der Waals surface area contributed by atoms with Crippen LogP contribution in [0.1, 0.15) is 28.9 Å². The molecule has 4 heteroatoms. The molecule has 2 rings (SSSR count). The fourth-order valence-corrected chi connectivity index (χ4v) is 2.30. The smallest absolute Gasteiger partial charge is 0.220 e. The van der Waals surface area contributed by atoms with Gasteiger partial charge in [-0.05, 0) is 38.8 Å². The second-order valence-corrected chi connectivity index (χ2v) is 5.49. The normalized spacial score (nSPS) is 10.6. The van der Waals surface area contributed by atoms with Crippen molar-refractivity contribution < 1.29 is 4.79 Å². The minimum absolute atomic E-state index is 0.0945. The van der Waals surface area contributed by atoms with E-state index >= 15 is 0 Å².